The molecule has 0 unspecified atom stereocenters. The van der Waals surface area contributed by atoms with Gasteiger partial charge in [0.05, 0.1) is 22.1 Å². The minimum Gasteiger partial charge on any atom is -0.323 e. The molecule has 2 N–H and O–H groups in total. The van der Waals surface area contributed by atoms with E-state index in [0.29, 0.717) is 0 Å². The summed E-state index contributed by atoms with van der Waals surface area (Å²) in [4.78, 5) is 12.4. The highest BCUT2D eigenvalue weighted by Gasteiger charge is 2.11. The predicted octanol–water partition coefficient (Wildman–Crippen LogP) is 2.91. The molecule has 4 rings (SSSR count). The van der Waals surface area contributed by atoms with Crippen LogP contribution in [0.4, 0.5) is 11.9 Å². The Morgan fingerprint density at radius 3 is 2.50 bits per heavy atom. The number of H-pyrrole nitrogens is 1. The van der Waals surface area contributed by atoms with Crippen LogP contribution in [0.5, 0.6) is 0 Å². The third kappa shape index (κ3) is 1.96. The molecule has 0 fully saturated rings. The van der Waals surface area contributed by atoms with Crippen molar-refractivity contribution in [3.8, 4) is 0 Å². The maximum absolute atomic E-state index is 4.60. The van der Waals surface area contributed by atoms with Crippen molar-refractivity contribution >= 4 is 34.0 Å². The summed E-state index contributed by atoms with van der Waals surface area (Å²) >= 11 is 0. The second kappa shape index (κ2) is 4.77. The number of aromatic nitrogens is 4. The molecule has 0 aliphatic carbocycles. The first-order valence-electron chi connectivity index (χ1n) is 7.09. The summed E-state index contributed by atoms with van der Waals surface area (Å²) < 4.78 is 2.02. The number of aryl methyl sites for hydroxylation is 1. The minimum absolute atomic E-state index is 0.744. The smallest absolute Gasteiger partial charge is 0.222 e. The van der Waals surface area contributed by atoms with Crippen LogP contribution < -0.4 is 10.4 Å². The molecule has 0 bridgehead atoms. The molecule has 0 aliphatic rings. The van der Waals surface area contributed by atoms with Gasteiger partial charge in [-0.25, -0.2) is 9.97 Å². The van der Waals surface area contributed by atoms with E-state index in [1.54, 1.807) is 0 Å². The van der Waals surface area contributed by atoms with Crippen LogP contribution in [-0.4, -0.2) is 26.6 Å². The van der Waals surface area contributed by atoms with Gasteiger partial charge in [-0.15, -0.1) is 0 Å². The Balaban J connectivity index is 1.67. The first kappa shape index (κ1) is 12.7. The van der Waals surface area contributed by atoms with Crippen LogP contribution in [0.2, 0.25) is 0 Å². The van der Waals surface area contributed by atoms with Crippen LogP contribution in [0.3, 0.4) is 0 Å². The number of aromatic amines is 1. The highest BCUT2D eigenvalue weighted by Crippen LogP contribution is 2.20. The van der Waals surface area contributed by atoms with Crippen molar-refractivity contribution in [3.05, 3.63) is 48.5 Å². The molecule has 4 aromatic rings. The Hall–Kier alpha value is -3.02. The van der Waals surface area contributed by atoms with Crippen molar-refractivity contribution in [1.29, 1.82) is 0 Å². The number of para-hydroxylation sites is 4. The van der Waals surface area contributed by atoms with Gasteiger partial charge < -0.3 is 9.55 Å². The topological polar surface area (TPSA) is 61.8 Å². The summed E-state index contributed by atoms with van der Waals surface area (Å²) in [6.07, 6.45) is 0. The second-order valence-corrected chi connectivity index (χ2v) is 5.23. The van der Waals surface area contributed by atoms with Crippen LogP contribution in [0.15, 0.2) is 48.5 Å². The van der Waals surface area contributed by atoms with Gasteiger partial charge >= 0.3 is 0 Å². The van der Waals surface area contributed by atoms with E-state index < -0.39 is 0 Å². The summed E-state index contributed by atoms with van der Waals surface area (Å²) in [5.41, 5.74) is 7.27. The zero-order valence-electron chi connectivity index (χ0n) is 12.4. The van der Waals surface area contributed by atoms with E-state index in [1.165, 1.54) is 0 Å². The van der Waals surface area contributed by atoms with Crippen LogP contribution in [0.25, 0.3) is 22.1 Å². The third-order valence-corrected chi connectivity index (χ3v) is 3.75. The molecule has 0 saturated heterocycles. The van der Waals surface area contributed by atoms with E-state index in [-0.39, 0.29) is 0 Å². The van der Waals surface area contributed by atoms with Crippen LogP contribution in [0, 0.1) is 0 Å². The number of anilines is 2. The number of fused-ring (bicyclic) bond motifs is 2. The average Bonchev–Trinajstić information content (AvgIpc) is 3.10. The van der Waals surface area contributed by atoms with Gasteiger partial charge in [0.15, 0.2) is 0 Å². The molecule has 0 atom stereocenters. The Morgan fingerprint density at radius 2 is 1.73 bits per heavy atom. The van der Waals surface area contributed by atoms with Gasteiger partial charge in [-0.2, -0.15) is 0 Å². The summed E-state index contributed by atoms with van der Waals surface area (Å²) in [7, 11) is 3.90. The molecule has 2 aromatic carbocycles. The molecule has 110 valence electrons. The fourth-order valence-corrected chi connectivity index (χ4v) is 2.55. The molecule has 0 spiro atoms. The van der Waals surface area contributed by atoms with Crippen molar-refractivity contribution in [3.63, 3.8) is 0 Å². The average molecular weight is 292 g/mol. The molecular weight excluding hydrogens is 276 g/mol. The van der Waals surface area contributed by atoms with Crippen LogP contribution in [0.1, 0.15) is 0 Å². The molecular formula is C16H16N6. The van der Waals surface area contributed by atoms with Crippen LogP contribution in [-0.2, 0) is 7.05 Å². The Labute approximate surface area is 127 Å². The molecule has 6 nitrogen and oxygen atoms in total. The second-order valence-electron chi connectivity index (χ2n) is 5.23. The molecule has 0 aliphatic heterocycles. The SMILES string of the molecule is CN(Nc1nc2ccccc2n1C)c1nc2ccccc2[nH]1. The quantitative estimate of drug-likeness (QED) is 0.570. The van der Waals surface area contributed by atoms with Gasteiger partial charge in [0.25, 0.3) is 0 Å². The normalized spacial score (nSPS) is 11.2. The zero-order valence-corrected chi connectivity index (χ0v) is 12.4. The van der Waals surface area contributed by atoms with Crippen molar-refractivity contribution in [2.75, 3.05) is 17.5 Å². The maximum Gasteiger partial charge on any atom is 0.222 e. The van der Waals surface area contributed by atoms with Crippen molar-refractivity contribution in [1.82, 2.24) is 19.5 Å². The van der Waals surface area contributed by atoms with Gasteiger partial charge in [-0.1, -0.05) is 24.3 Å². The van der Waals surface area contributed by atoms with Crippen molar-refractivity contribution < 1.29 is 0 Å². The molecule has 0 saturated carbocycles. The Kier molecular flexibility index (Phi) is 2.75. The standard InChI is InChI=1S/C16H16N6/c1-21-14-10-6-5-9-13(14)19-16(21)20-22(2)15-17-11-7-3-4-8-12(11)18-15/h3-10H,1-2H3,(H,17,18)(H,19,20). The van der Waals surface area contributed by atoms with Gasteiger partial charge in [0.2, 0.25) is 11.9 Å². The molecule has 0 amide bonds. The lowest BCUT2D eigenvalue weighted by Crippen LogP contribution is -2.27. The number of nitrogens with one attached hydrogen (secondary N) is 2. The third-order valence-electron chi connectivity index (χ3n) is 3.75. The number of nitrogens with zero attached hydrogens (tertiary/aromatic N) is 4. The Bertz CT molecular complexity index is 919. The fourth-order valence-electron chi connectivity index (χ4n) is 2.55. The van der Waals surface area contributed by atoms with E-state index in [4.69, 9.17) is 0 Å². The van der Waals surface area contributed by atoms with Crippen molar-refractivity contribution in [2.24, 2.45) is 7.05 Å². The molecule has 6 heteroatoms. The number of hydrogen-bond acceptors (Lipinski definition) is 4. The van der Waals surface area contributed by atoms with E-state index in [9.17, 15) is 0 Å². The molecule has 0 radical (unpaired) electrons. The molecule has 22 heavy (non-hydrogen) atoms. The zero-order chi connectivity index (χ0) is 15.1. The minimum atomic E-state index is 0.744. The number of rotatable bonds is 3. The summed E-state index contributed by atoms with van der Waals surface area (Å²) in [6, 6.07) is 16.0. The first-order valence-corrected chi connectivity index (χ1v) is 7.09. The maximum atomic E-state index is 4.60. The largest absolute Gasteiger partial charge is 0.323 e. The highest BCUT2D eigenvalue weighted by atomic mass is 15.6. The monoisotopic (exact) mass is 292 g/mol. The number of hydrogen-bond donors (Lipinski definition) is 2. The summed E-state index contributed by atoms with van der Waals surface area (Å²) in [5.74, 6) is 1.51. The fraction of sp³-hybridized carbons (Fsp3) is 0.125. The summed E-state index contributed by atoms with van der Waals surface area (Å²) in [6.45, 7) is 0. The first-order chi connectivity index (χ1) is 10.7. The van der Waals surface area contributed by atoms with E-state index in [0.717, 1.165) is 34.0 Å². The van der Waals surface area contributed by atoms with Gasteiger partial charge in [0, 0.05) is 14.1 Å². The lowest BCUT2D eigenvalue weighted by Gasteiger charge is -2.17. The summed E-state index contributed by atoms with van der Waals surface area (Å²) in [5, 5.41) is 1.83. The predicted molar refractivity (Wildman–Crippen MR) is 88.8 cm³/mol. The van der Waals surface area contributed by atoms with E-state index in [1.807, 2.05) is 66.1 Å². The van der Waals surface area contributed by atoms with Crippen LogP contribution >= 0.6 is 0 Å². The highest BCUT2D eigenvalue weighted by molar-refractivity contribution is 5.79. The Morgan fingerprint density at radius 1 is 1.00 bits per heavy atom. The lowest BCUT2D eigenvalue weighted by molar-refractivity contribution is 0.906. The van der Waals surface area contributed by atoms with Gasteiger partial charge in [-0.05, 0) is 24.3 Å². The van der Waals surface area contributed by atoms with E-state index >= 15 is 0 Å². The number of benzene rings is 2. The molecule has 2 aromatic heterocycles. The lowest BCUT2D eigenvalue weighted by atomic mass is 10.3. The van der Waals surface area contributed by atoms with Crippen molar-refractivity contribution in [2.45, 2.75) is 0 Å². The molecule has 2 heterocycles. The number of hydrazine groups is 1. The van der Waals surface area contributed by atoms with E-state index in [2.05, 4.69) is 26.4 Å². The number of imidazole rings is 2. The van der Waals surface area contributed by atoms with Gasteiger partial charge in [-0.3, -0.25) is 10.4 Å². The van der Waals surface area contributed by atoms with Gasteiger partial charge in [0.1, 0.15) is 0 Å².